The highest BCUT2D eigenvalue weighted by molar-refractivity contribution is 9.09. The molecule has 5 heteroatoms. The number of halogens is 2. The molecule has 1 aliphatic rings. The first-order valence-electron chi connectivity index (χ1n) is 4.92. The number of nitrogens with zero attached hydrogens (tertiary/aromatic N) is 1. The van der Waals surface area contributed by atoms with E-state index in [1.807, 2.05) is 6.92 Å². The summed E-state index contributed by atoms with van der Waals surface area (Å²) in [6, 6.07) is 4.38. The van der Waals surface area contributed by atoms with E-state index in [0.29, 0.717) is 17.6 Å². The van der Waals surface area contributed by atoms with E-state index in [1.165, 1.54) is 17.0 Å². The van der Waals surface area contributed by atoms with E-state index < -0.39 is 6.09 Å². The van der Waals surface area contributed by atoms with Crippen LogP contribution in [0.15, 0.2) is 18.2 Å². The summed E-state index contributed by atoms with van der Waals surface area (Å²) in [6.45, 7) is 2.29. The number of anilines is 1. The van der Waals surface area contributed by atoms with Crippen LogP contribution < -0.4 is 4.90 Å². The van der Waals surface area contributed by atoms with Crippen LogP contribution in [0.3, 0.4) is 0 Å². The lowest BCUT2D eigenvalue weighted by Crippen LogP contribution is -2.25. The fraction of sp³-hybridized carbons (Fsp3) is 0.364. The first-order chi connectivity index (χ1) is 7.61. The van der Waals surface area contributed by atoms with Crippen LogP contribution >= 0.6 is 15.9 Å². The number of alkyl halides is 1. The molecular weight excluding hydrogens is 277 g/mol. The average molecular weight is 288 g/mol. The predicted octanol–water partition coefficient (Wildman–Crippen LogP) is 2.85. The molecule has 1 aliphatic heterocycles. The molecule has 1 unspecified atom stereocenters. The molecule has 0 bridgehead atoms. The van der Waals surface area contributed by atoms with Crippen molar-refractivity contribution in [1.82, 2.24) is 0 Å². The third-order valence-electron chi connectivity index (χ3n) is 2.51. The molecule has 1 atom stereocenters. The number of rotatable bonds is 2. The van der Waals surface area contributed by atoms with Gasteiger partial charge in [0.1, 0.15) is 11.9 Å². The van der Waals surface area contributed by atoms with Crippen molar-refractivity contribution in [3.05, 3.63) is 29.6 Å². The molecule has 3 nitrogen and oxygen atoms in total. The lowest BCUT2D eigenvalue weighted by molar-refractivity contribution is 0.152. The maximum Gasteiger partial charge on any atom is 0.414 e. The molecule has 0 N–H and O–H groups in total. The molecule has 1 fully saturated rings. The Balaban J connectivity index is 2.30. The lowest BCUT2D eigenvalue weighted by atomic mass is 10.2. The minimum absolute atomic E-state index is 0.171. The molecule has 0 saturated carbocycles. The first kappa shape index (κ1) is 11.4. The zero-order valence-corrected chi connectivity index (χ0v) is 10.3. The summed E-state index contributed by atoms with van der Waals surface area (Å²) in [5, 5.41) is 0.587. The Labute approximate surface area is 101 Å². The number of amides is 1. The van der Waals surface area contributed by atoms with Crippen LogP contribution in [0.5, 0.6) is 0 Å². The summed E-state index contributed by atoms with van der Waals surface area (Å²) < 4.78 is 18.2. The quantitative estimate of drug-likeness (QED) is 0.783. The van der Waals surface area contributed by atoms with E-state index in [0.717, 1.165) is 5.56 Å². The maximum absolute atomic E-state index is 13.1. The molecule has 0 aromatic heterocycles. The highest BCUT2D eigenvalue weighted by Gasteiger charge is 2.32. The number of hydrogen-bond donors (Lipinski definition) is 0. The molecule has 1 amide bonds. The van der Waals surface area contributed by atoms with Crippen LogP contribution in [0.1, 0.15) is 5.56 Å². The van der Waals surface area contributed by atoms with E-state index in [1.54, 1.807) is 6.07 Å². The van der Waals surface area contributed by atoms with Crippen molar-refractivity contribution < 1.29 is 13.9 Å². The zero-order valence-electron chi connectivity index (χ0n) is 8.74. The SMILES string of the molecule is Cc1ccc(F)cc1N1CC(CBr)OC1=O. The van der Waals surface area contributed by atoms with Gasteiger partial charge in [-0.1, -0.05) is 22.0 Å². The van der Waals surface area contributed by atoms with Gasteiger partial charge in [0.2, 0.25) is 0 Å². The molecule has 0 radical (unpaired) electrons. The number of carbonyl (C=O) groups excluding carboxylic acids is 1. The largest absolute Gasteiger partial charge is 0.443 e. The molecule has 16 heavy (non-hydrogen) atoms. The molecule has 1 heterocycles. The smallest absolute Gasteiger partial charge is 0.414 e. The van der Waals surface area contributed by atoms with Gasteiger partial charge in [-0.25, -0.2) is 9.18 Å². The summed E-state index contributed by atoms with van der Waals surface area (Å²) in [7, 11) is 0. The fourth-order valence-corrected chi connectivity index (χ4v) is 2.01. The third kappa shape index (κ3) is 2.04. The lowest BCUT2D eigenvalue weighted by Gasteiger charge is -2.15. The Hall–Kier alpha value is -1.10. The monoisotopic (exact) mass is 287 g/mol. The highest BCUT2D eigenvalue weighted by Crippen LogP contribution is 2.26. The van der Waals surface area contributed by atoms with Crippen molar-refractivity contribution in [2.75, 3.05) is 16.8 Å². The zero-order chi connectivity index (χ0) is 11.7. The van der Waals surface area contributed by atoms with E-state index in [2.05, 4.69) is 15.9 Å². The van der Waals surface area contributed by atoms with Crippen molar-refractivity contribution in [2.24, 2.45) is 0 Å². The van der Waals surface area contributed by atoms with Gasteiger partial charge in [0.25, 0.3) is 0 Å². The maximum atomic E-state index is 13.1. The van der Waals surface area contributed by atoms with Crippen molar-refractivity contribution >= 4 is 27.7 Å². The number of carbonyl (C=O) groups is 1. The normalized spacial score (nSPS) is 20.1. The second-order valence-corrected chi connectivity index (χ2v) is 4.35. The topological polar surface area (TPSA) is 29.5 Å². The van der Waals surface area contributed by atoms with Gasteiger partial charge in [-0.15, -0.1) is 0 Å². The van der Waals surface area contributed by atoms with E-state index in [-0.39, 0.29) is 11.9 Å². The van der Waals surface area contributed by atoms with Gasteiger partial charge < -0.3 is 4.74 Å². The summed E-state index contributed by atoms with van der Waals surface area (Å²) in [6.07, 6.45) is -0.590. The van der Waals surface area contributed by atoms with Crippen molar-refractivity contribution in [3.8, 4) is 0 Å². The molecular formula is C11H11BrFNO2. The molecule has 1 saturated heterocycles. The molecule has 1 aromatic carbocycles. The Morgan fingerprint density at radius 1 is 1.62 bits per heavy atom. The van der Waals surface area contributed by atoms with Gasteiger partial charge in [0.15, 0.2) is 0 Å². The minimum Gasteiger partial charge on any atom is -0.443 e. The van der Waals surface area contributed by atoms with Crippen LogP contribution in [0, 0.1) is 12.7 Å². The van der Waals surface area contributed by atoms with Crippen molar-refractivity contribution in [1.29, 1.82) is 0 Å². The van der Waals surface area contributed by atoms with Gasteiger partial charge in [-0.2, -0.15) is 0 Å². The number of cyclic esters (lactones) is 1. The van der Waals surface area contributed by atoms with E-state index in [9.17, 15) is 9.18 Å². The minimum atomic E-state index is -0.418. The van der Waals surface area contributed by atoms with E-state index >= 15 is 0 Å². The standard InChI is InChI=1S/C11H11BrFNO2/c1-7-2-3-8(13)4-10(7)14-6-9(5-12)16-11(14)15/h2-4,9H,5-6H2,1H3. The summed E-state index contributed by atoms with van der Waals surface area (Å²) in [5.41, 5.74) is 1.43. The van der Waals surface area contributed by atoms with Crippen LogP contribution in [-0.4, -0.2) is 24.1 Å². The van der Waals surface area contributed by atoms with E-state index in [4.69, 9.17) is 4.74 Å². The second kappa shape index (κ2) is 4.41. The number of ether oxygens (including phenoxy) is 1. The Morgan fingerprint density at radius 3 is 3.00 bits per heavy atom. The Morgan fingerprint density at radius 2 is 2.38 bits per heavy atom. The molecule has 0 aliphatic carbocycles. The van der Waals surface area contributed by atoms with Gasteiger partial charge in [-0.05, 0) is 24.6 Å². The summed E-state index contributed by atoms with van der Waals surface area (Å²) in [4.78, 5) is 13.0. The van der Waals surface area contributed by atoms with Crippen molar-refractivity contribution in [3.63, 3.8) is 0 Å². The number of aryl methyl sites for hydroxylation is 1. The first-order valence-corrected chi connectivity index (χ1v) is 6.04. The molecule has 0 spiro atoms. The highest BCUT2D eigenvalue weighted by atomic mass is 79.9. The van der Waals surface area contributed by atoms with Gasteiger partial charge in [0, 0.05) is 5.33 Å². The number of hydrogen-bond acceptors (Lipinski definition) is 2. The van der Waals surface area contributed by atoms with Gasteiger partial charge in [0.05, 0.1) is 12.2 Å². The van der Waals surface area contributed by atoms with Crippen LogP contribution in [-0.2, 0) is 4.74 Å². The van der Waals surface area contributed by atoms with Crippen LogP contribution in [0.4, 0.5) is 14.9 Å². The molecule has 1 aromatic rings. The Kier molecular flexibility index (Phi) is 3.14. The number of benzene rings is 1. The third-order valence-corrected chi connectivity index (χ3v) is 3.23. The van der Waals surface area contributed by atoms with Gasteiger partial charge in [-0.3, -0.25) is 4.90 Å². The summed E-state index contributed by atoms with van der Waals surface area (Å²) >= 11 is 3.26. The molecule has 2 rings (SSSR count). The molecule has 86 valence electrons. The van der Waals surface area contributed by atoms with Gasteiger partial charge >= 0.3 is 6.09 Å². The van der Waals surface area contributed by atoms with Crippen molar-refractivity contribution in [2.45, 2.75) is 13.0 Å². The average Bonchev–Trinajstić information content (AvgIpc) is 2.63. The predicted molar refractivity (Wildman–Crippen MR) is 62.5 cm³/mol. The summed E-state index contributed by atoms with van der Waals surface area (Å²) in [5.74, 6) is -0.351. The fourth-order valence-electron chi connectivity index (χ4n) is 1.67. The van der Waals surface area contributed by atoms with Crippen LogP contribution in [0.2, 0.25) is 0 Å². The van der Waals surface area contributed by atoms with Crippen LogP contribution in [0.25, 0.3) is 0 Å². The second-order valence-electron chi connectivity index (χ2n) is 3.70. The Bertz CT molecular complexity index is 424.